The number of likely N-dealkylation sites (tertiary alicyclic amines) is 1. The van der Waals surface area contributed by atoms with E-state index in [2.05, 4.69) is 18.7 Å². The van der Waals surface area contributed by atoms with Crippen molar-refractivity contribution in [2.45, 2.75) is 52.2 Å². The van der Waals surface area contributed by atoms with Crippen LogP contribution in [-0.4, -0.2) is 54.6 Å². The van der Waals surface area contributed by atoms with E-state index in [1.165, 1.54) is 6.07 Å². The standard InChI is InChI=1S/C24H35FN2O2/c1-19(2)9-10-24(28)27(18-22-7-5-15-29-22)16-20-11-13-26(14-12-20)17-21-6-3-4-8-23(21)25/h3-4,6,8-10,19-20,22H,5,7,11-18H2,1-2H3. The van der Waals surface area contributed by atoms with E-state index < -0.39 is 0 Å². The first-order valence-corrected chi connectivity index (χ1v) is 11.1. The predicted molar refractivity (Wildman–Crippen MR) is 114 cm³/mol. The minimum Gasteiger partial charge on any atom is -0.376 e. The third-order valence-electron chi connectivity index (χ3n) is 5.92. The number of hydrogen-bond donors (Lipinski definition) is 0. The fourth-order valence-electron chi connectivity index (χ4n) is 4.18. The van der Waals surface area contributed by atoms with Crippen molar-refractivity contribution in [3.05, 3.63) is 47.8 Å². The highest BCUT2D eigenvalue weighted by atomic mass is 19.1. The summed E-state index contributed by atoms with van der Waals surface area (Å²) in [6, 6.07) is 7.02. The Balaban J connectivity index is 1.52. The van der Waals surface area contributed by atoms with E-state index >= 15 is 0 Å². The van der Waals surface area contributed by atoms with Gasteiger partial charge < -0.3 is 9.64 Å². The molecule has 2 saturated heterocycles. The summed E-state index contributed by atoms with van der Waals surface area (Å²) < 4.78 is 19.7. The van der Waals surface area contributed by atoms with Gasteiger partial charge in [-0.1, -0.05) is 38.1 Å². The van der Waals surface area contributed by atoms with Gasteiger partial charge in [0, 0.05) is 31.8 Å². The smallest absolute Gasteiger partial charge is 0.246 e. The van der Waals surface area contributed by atoms with Gasteiger partial charge in [-0.25, -0.2) is 4.39 Å². The van der Waals surface area contributed by atoms with Crippen molar-refractivity contribution >= 4 is 5.91 Å². The molecule has 0 N–H and O–H groups in total. The van der Waals surface area contributed by atoms with E-state index in [0.717, 1.165) is 57.5 Å². The highest BCUT2D eigenvalue weighted by Crippen LogP contribution is 2.22. The van der Waals surface area contributed by atoms with Crippen LogP contribution in [-0.2, 0) is 16.1 Å². The van der Waals surface area contributed by atoms with Gasteiger partial charge in [0.2, 0.25) is 5.91 Å². The molecule has 5 heteroatoms. The third-order valence-corrected chi connectivity index (χ3v) is 5.92. The van der Waals surface area contributed by atoms with Crippen LogP contribution in [0.25, 0.3) is 0 Å². The molecule has 0 aliphatic carbocycles. The van der Waals surface area contributed by atoms with Crippen LogP contribution in [0.15, 0.2) is 36.4 Å². The number of ether oxygens (including phenoxy) is 1. The van der Waals surface area contributed by atoms with Crippen LogP contribution in [0, 0.1) is 17.7 Å². The van der Waals surface area contributed by atoms with E-state index in [1.54, 1.807) is 12.1 Å². The summed E-state index contributed by atoms with van der Waals surface area (Å²) in [5.41, 5.74) is 0.764. The molecule has 2 aliphatic rings. The molecule has 2 aliphatic heterocycles. The minimum absolute atomic E-state index is 0.1000. The first-order chi connectivity index (χ1) is 14.0. The largest absolute Gasteiger partial charge is 0.376 e. The molecule has 4 nitrogen and oxygen atoms in total. The first-order valence-electron chi connectivity index (χ1n) is 11.1. The van der Waals surface area contributed by atoms with Gasteiger partial charge in [0.1, 0.15) is 5.82 Å². The van der Waals surface area contributed by atoms with Gasteiger partial charge in [-0.2, -0.15) is 0 Å². The second kappa shape index (κ2) is 10.9. The molecule has 1 aromatic carbocycles. The molecule has 1 atom stereocenters. The van der Waals surface area contributed by atoms with Gasteiger partial charge in [0.25, 0.3) is 0 Å². The Kier molecular flexibility index (Phi) is 8.25. The van der Waals surface area contributed by atoms with E-state index in [1.807, 2.05) is 23.1 Å². The SMILES string of the molecule is CC(C)C=CC(=O)N(CC1CCN(Cc2ccccc2F)CC1)CC1CCCO1. The molecule has 29 heavy (non-hydrogen) atoms. The predicted octanol–water partition coefficient (Wildman–Crippen LogP) is 4.26. The lowest BCUT2D eigenvalue weighted by Crippen LogP contribution is -2.43. The number of nitrogens with zero attached hydrogens (tertiary/aromatic N) is 2. The Bertz CT molecular complexity index is 677. The molecule has 1 unspecified atom stereocenters. The molecule has 160 valence electrons. The fraction of sp³-hybridized carbons (Fsp3) is 0.625. The molecule has 1 amide bonds. The number of rotatable bonds is 8. The maximum Gasteiger partial charge on any atom is 0.246 e. The summed E-state index contributed by atoms with van der Waals surface area (Å²) in [6.07, 6.45) is 8.08. The molecule has 0 aromatic heterocycles. The zero-order chi connectivity index (χ0) is 20.6. The van der Waals surface area contributed by atoms with Gasteiger partial charge in [0.15, 0.2) is 0 Å². The van der Waals surface area contributed by atoms with Crippen LogP contribution < -0.4 is 0 Å². The van der Waals surface area contributed by atoms with Crippen molar-refractivity contribution in [1.82, 2.24) is 9.80 Å². The first kappa shape index (κ1) is 22.0. The number of benzene rings is 1. The lowest BCUT2D eigenvalue weighted by Gasteiger charge is -2.35. The summed E-state index contributed by atoms with van der Waals surface area (Å²) in [7, 11) is 0. The summed E-state index contributed by atoms with van der Waals surface area (Å²) in [6.45, 7) is 9.01. The van der Waals surface area contributed by atoms with Gasteiger partial charge in [-0.05, 0) is 62.8 Å². The van der Waals surface area contributed by atoms with Crippen molar-refractivity contribution in [3.63, 3.8) is 0 Å². The van der Waals surface area contributed by atoms with Crippen LogP contribution in [0.4, 0.5) is 4.39 Å². The number of carbonyl (C=O) groups excluding carboxylic acids is 1. The van der Waals surface area contributed by atoms with E-state index in [0.29, 0.717) is 24.9 Å². The summed E-state index contributed by atoms with van der Waals surface area (Å²) in [5, 5.41) is 0. The number of halogens is 1. The van der Waals surface area contributed by atoms with Crippen LogP contribution in [0.1, 0.15) is 45.1 Å². The van der Waals surface area contributed by atoms with Gasteiger partial charge >= 0.3 is 0 Å². The second-order valence-electron chi connectivity index (χ2n) is 8.79. The highest BCUT2D eigenvalue weighted by Gasteiger charge is 2.26. The average molecular weight is 403 g/mol. The summed E-state index contributed by atoms with van der Waals surface area (Å²) in [5.74, 6) is 0.831. The summed E-state index contributed by atoms with van der Waals surface area (Å²) >= 11 is 0. The number of amides is 1. The Morgan fingerprint density at radius 1 is 1.24 bits per heavy atom. The average Bonchev–Trinajstić information content (AvgIpc) is 3.22. The van der Waals surface area contributed by atoms with Crippen molar-refractivity contribution in [3.8, 4) is 0 Å². The van der Waals surface area contributed by atoms with Gasteiger partial charge in [-0.15, -0.1) is 0 Å². The van der Waals surface area contributed by atoms with Crippen LogP contribution >= 0.6 is 0 Å². The van der Waals surface area contributed by atoms with Gasteiger partial charge in [0.05, 0.1) is 6.10 Å². The van der Waals surface area contributed by atoms with Crippen LogP contribution in [0.3, 0.4) is 0 Å². The molecule has 1 aromatic rings. The molecule has 2 heterocycles. The molecule has 0 radical (unpaired) electrons. The Labute approximate surface area is 174 Å². The Morgan fingerprint density at radius 3 is 2.66 bits per heavy atom. The number of hydrogen-bond acceptors (Lipinski definition) is 3. The van der Waals surface area contributed by atoms with Crippen molar-refractivity contribution in [1.29, 1.82) is 0 Å². The van der Waals surface area contributed by atoms with Crippen molar-refractivity contribution < 1.29 is 13.9 Å². The monoisotopic (exact) mass is 402 g/mol. The molecule has 0 saturated carbocycles. The molecule has 0 bridgehead atoms. The zero-order valence-electron chi connectivity index (χ0n) is 17.9. The normalized spacial score (nSPS) is 21.3. The van der Waals surface area contributed by atoms with Gasteiger partial charge in [-0.3, -0.25) is 9.69 Å². The van der Waals surface area contributed by atoms with Crippen LogP contribution in [0.5, 0.6) is 0 Å². The van der Waals surface area contributed by atoms with E-state index in [-0.39, 0.29) is 17.8 Å². The Hall–Kier alpha value is -1.72. The molecular weight excluding hydrogens is 367 g/mol. The fourth-order valence-corrected chi connectivity index (χ4v) is 4.18. The quantitative estimate of drug-likeness (QED) is 0.609. The highest BCUT2D eigenvalue weighted by molar-refractivity contribution is 5.87. The summed E-state index contributed by atoms with van der Waals surface area (Å²) in [4.78, 5) is 17.1. The van der Waals surface area contributed by atoms with Crippen LogP contribution in [0.2, 0.25) is 0 Å². The molecular formula is C24H35FN2O2. The maximum absolute atomic E-state index is 13.9. The van der Waals surface area contributed by atoms with Crippen molar-refractivity contribution in [2.24, 2.45) is 11.8 Å². The topological polar surface area (TPSA) is 32.8 Å². The lowest BCUT2D eigenvalue weighted by molar-refractivity contribution is -0.128. The Morgan fingerprint density at radius 2 is 2.00 bits per heavy atom. The number of allylic oxidation sites excluding steroid dienone is 1. The zero-order valence-corrected chi connectivity index (χ0v) is 17.9. The molecule has 0 spiro atoms. The number of carbonyl (C=O) groups is 1. The van der Waals surface area contributed by atoms with E-state index in [9.17, 15) is 9.18 Å². The second-order valence-corrected chi connectivity index (χ2v) is 8.79. The molecule has 3 rings (SSSR count). The molecule has 2 fully saturated rings. The lowest BCUT2D eigenvalue weighted by atomic mass is 9.95. The maximum atomic E-state index is 13.9. The third kappa shape index (κ3) is 6.93. The van der Waals surface area contributed by atoms with E-state index in [4.69, 9.17) is 4.74 Å². The van der Waals surface area contributed by atoms with Crippen molar-refractivity contribution in [2.75, 3.05) is 32.8 Å². The number of piperidine rings is 1. The minimum atomic E-state index is -0.125.